The molecule has 0 aromatic heterocycles. The van der Waals surface area contributed by atoms with Crippen LogP contribution in [0.1, 0.15) is 13.3 Å². The number of sulfonamides is 1. The van der Waals surface area contributed by atoms with Crippen LogP contribution in [0.3, 0.4) is 0 Å². The Morgan fingerprint density at radius 1 is 1.33 bits per heavy atom. The van der Waals surface area contributed by atoms with E-state index in [-0.39, 0.29) is 17.4 Å². The topological polar surface area (TPSA) is 74.7 Å². The zero-order valence-electron chi connectivity index (χ0n) is 9.98. The van der Waals surface area contributed by atoms with Crippen LogP contribution in [0, 0.1) is 5.92 Å². The molecule has 2 rings (SSSR count). The van der Waals surface area contributed by atoms with E-state index in [1.165, 1.54) is 12.1 Å². The normalized spacial score (nSPS) is 25.2. The molecule has 0 spiro atoms. The number of nitrogens with zero attached hydrogens (tertiary/aromatic N) is 1. The maximum atomic E-state index is 12.4. The standard InChI is InChI=1S/C12H15NO4S/c1-9-7-8-13(11(9)12(14)15)18(16,17)10-5-3-2-4-6-10/h2-6,9,11H,7-8H2,1H3,(H,14,15). The Morgan fingerprint density at radius 2 is 1.94 bits per heavy atom. The number of carbonyl (C=O) groups is 1. The zero-order valence-corrected chi connectivity index (χ0v) is 10.8. The minimum Gasteiger partial charge on any atom is -0.480 e. The lowest BCUT2D eigenvalue weighted by Gasteiger charge is -2.22. The van der Waals surface area contributed by atoms with Crippen molar-refractivity contribution in [2.45, 2.75) is 24.3 Å². The first-order valence-corrected chi connectivity index (χ1v) is 7.18. The van der Waals surface area contributed by atoms with Crippen LogP contribution in [0.4, 0.5) is 0 Å². The lowest BCUT2D eigenvalue weighted by Crippen LogP contribution is -2.42. The van der Waals surface area contributed by atoms with Gasteiger partial charge in [0.05, 0.1) is 4.90 Å². The van der Waals surface area contributed by atoms with Gasteiger partial charge in [-0.3, -0.25) is 4.79 Å². The summed E-state index contributed by atoms with van der Waals surface area (Å²) in [4.78, 5) is 11.3. The molecule has 1 saturated heterocycles. The van der Waals surface area contributed by atoms with E-state index in [1.54, 1.807) is 25.1 Å². The summed E-state index contributed by atoms with van der Waals surface area (Å²) in [7, 11) is -3.71. The average molecular weight is 269 g/mol. The van der Waals surface area contributed by atoms with Gasteiger partial charge < -0.3 is 5.11 Å². The van der Waals surface area contributed by atoms with E-state index in [2.05, 4.69) is 0 Å². The Morgan fingerprint density at radius 3 is 2.50 bits per heavy atom. The SMILES string of the molecule is CC1CCN(S(=O)(=O)c2ccccc2)C1C(=O)O. The zero-order chi connectivity index (χ0) is 13.3. The Hall–Kier alpha value is -1.40. The van der Waals surface area contributed by atoms with Crippen molar-refractivity contribution < 1.29 is 18.3 Å². The van der Waals surface area contributed by atoms with Crippen molar-refractivity contribution in [2.24, 2.45) is 5.92 Å². The molecular weight excluding hydrogens is 254 g/mol. The summed E-state index contributed by atoms with van der Waals surface area (Å²) in [6.45, 7) is 2.02. The van der Waals surface area contributed by atoms with Crippen LogP contribution >= 0.6 is 0 Å². The summed E-state index contributed by atoms with van der Waals surface area (Å²) in [6, 6.07) is 6.98. The summed E-state index contributed by atoms with van der Waals surface area (Å²) in [5.41, 5.74) is 0. The molecule has 6 heteroatoms. The second-order valence-corrected chi connectivity index (χ2v) is 6.37. The van der Waals surface area contributed by atoms with Crippen molar-refractivity contribution in [3.63, 3.8) is 0 Å². The molecule has 98 valence electrons. The first kappa shape index (κ1) is 13.0. The fraction of sp³-hybridized carbons (Fsp3) is 0.417. The van der Waals surface area contributed by atoms with Gasteiger partial charge in [0.15, 0.2) is 0 Å². The molecule has 1 aromatic carbocycles. The number of hydrogen-bond acceptors (Lipinski definition) is 3. The molecule has 18 heavy (non-hydrogen) atoms. The predicted octanol–water partition coefficient (Wildman–Crippen LogP) is 1.17. The van der Waals surface area contributed by atoms with Crippen molar-refractivity contribution in [3.8, 4) is 0 Å². The molecule has 0 aliphatic carbocycles. The van der Waals surface area contributed by atoms with Crippen LogP contribution < -0.4 is 0 Å². The number of hydrogen-bond donors (Lipinski definition) is 1. The number of carboxylic acid groups (broad SMARTS) is 1. The largest absolute Gasteiger partial charge is 0.480 e. The first-order chi connectivity index (χ1) is 8.44. The molecule has 1 fully saturated rings. The molecule has 0 amide bonds. The number of carboxylic acids is 1. The molecule has 2 unspecified atom stereocenters. The highest BCUT2D eigenvalue weighted by atomic mass is 32.2. The van der Waals surface area contributed by atoms with Crippen molar-refractivity contribution in [1.29, 1.82) is 0 Å². The molecule has 1 aliphatic rings. The van der Waals surface area contributed by atoms with Crippen molar-refractivity contribution in [3.05, 3.63) is 30.3 Å². The minimum absolute atomic E-state index is 0.144. The minimum atomic E-state index is -3.71. The molecule has 2 atom stereocenters. The van der Waals surface area contributed by atoms with Crippen molar-refractivity contribution >= 4 is 16.0 Å². The third-order valence-corrected chi connectivity index (χ3v) is 5.15. The molecule has 0 radical (unpaired) electrons. The smallest absolute Gasteiger partial charge is 0.322 e. The highest BCUT2D eigenvalue weighted by molar-refractivity contribution is 7.89. The Labute approximate surface area is 106 Å². The van der Waals surface area contributed by atoms with E-state index in [4.69, 9.17) is 5.11 Å². The van der Waals surface area contributed by atoms with Crippen LogP contribution in [0.25, 0.3) is 0 Å². The van der Waals surface area contributed by atoms with E-state index in [0.717, 1.165) is 4.31 Å². The van der Waals surface area contributed by atoms with Crippen LogP contribution in [-0.4, -0.2) is 36.4 Å². The fourth-order valence-electron chi connectivity index (χ4n) is 2.28. The predicted molar refractivity (Wildman–Crippen MR) is 65.5 cm³/mol. The Kier molecular flexibility index (Phi) is 3.41. The van der Waals surface area contributed by atoms with Gasteiger partial charge in [0.25, 0.3) is 0 Å². The van der Waals surface area contributed by atoms with Crippen molar-refractivity contribution in [1.82, 2.24) is 4.31 Å². The van der Waals surface area contributed by atoms with Crippen molar-refractivity contribution in [2.75, 3.05) is 6.54 Å². The molecule has 1 N–H and O–H groups in total. The summed E-state index contributed by atoms with van der Waals surface area (Å²) in [6.07, 6.45) is 0.572. The molecule has 0 saturated carbocycles. The van der Waals surface area contributed by atoms with E-state index >= 15 is 0 Å². The van der Waals surface area contributed by atoms with Gasteiger partial charge in [-0.2, -0.15) is 4.31 Å². The second kappa shape index (κ2) is 4.70. The molecule has 1 aromatic rings. The third kappa shape index (κ3) is 2.13. The highest BCUT2D eigenvalue weighted by Crippen LogP contribution is 2.30. The Bertz CT molecular complexity index is 540. The van der Waals surface area contributed by atoms with E-state index in [1.807, 2.05) is 0 Å². The van der Waals surface area contributed by atoms with Gasteiger partial charge in [0, 0.05) is 6.54 Å². The van der Waals surface area contributed by atoms with Crippen LogP contribution in [0.2, 0.25) is 0 Å². The van der Waals surface area contributed by atoms with Crippen LogP contribution in [0.15, 0.2) is 35.2 Å². The van der Waals surface area contributed by atoms with E-state index in [0.29, 0.717) is 6.42 Å². The van der Waals surface area contributed by atoms with Gasteiger partial charge in [-0.1, -0.05) is 25.1 Å². The fourth-order valence-corrected chi connectivity index (χ4v) is 3.99. The van der Waals surface area contributed by atoms with Gasteiger partial charge in [-0.25, -0.2) is 8.42 Å². The maximum Gasteiger partial charge on any atom is 0.322 e. The third-order valence-electron chi connectivity index (χ3n) is 3.26. The van der Waals surface area contributed by atoms with E-state index < -0.39 is 22.0 Å². The molecule has 5 nitrogen and oxygen atoms in total. The molecule has 1 aliphatic heterocycles. The number of benzene rings is 1. The van der Waals surface area contributed by atoms with E-state index in [9.17, 15) is 13.2 Å². The van der Waals surface area contributed by atoms with Gasteiger partial charge in [-0.05, 0) is 24.5 Å². The first-order valence-electron chi connectivity index (χ1n) is 5.74. The molecule has 0 bridgehead atoms. The van der Waals surface area contributed by atoms with Gasteiger partial charge in [0.1, 0.15) is 6.04 Å². The quantitative estimate of drug-likeness (QED) is 0.893. The lowest BCUT2D eigenvalue weighted by molar-refractivity contribution is -0.141. The molecular formula is C12H15NO4S. The average Bonchev–Trinajstić information content (AvgIpc) is 2.73. The Balaban J connectivity index is 2.40. The lowest BCUT2D eigenvalue weighted by atomic mass is 10.0. The maximum absolute atomic E-state index is 12.4. The monoisotopic (exact) mass is 269 g/mol. The van der Waals surface area contributed by atoms with Crippen LogP contribution in [0.5, 0.6) is 0 Å². The summed E-state index contributed by atoms with van der Waals surface area (Å²) >= 11 is 0. The highest BCUT2D eigenvalue weighted by Gasteiger charge is 2.43. The molecule has 1 heterocycles. The number of aliphatic carboxylic acids is 1. The summed E-state index contributed by atoms with van der Waals surface area (Å²) in [5, 5.41) is 9.16. The van der Waals surface area contributed by atoms with Crippen LogP contribution in [-0.2, 0) is 14.8 Å². The summed E-state index contributed by atoms with van der Waals surface area (Å²) in [5.74, 6) is -1.25. The van der Waals surface area contributed by atoms with Gasteiger partial charge in [-0.15, -0.1) is 0 Å². The van der Waals surface area contributed by atoms with Gasteiger partial charge >= 0.3 is 5.97 Å². The van der Waals surface area contributed by atoms with Gasteiger partial charge in [0.2, 0.25) is 10.0 Å². The summed E-state index contributed by atoms with van der Waals surface area (Å²) < 4.78 is 25.8. The number of rotatable bonds is 3. The second-order valence-electron chi connectivity index (χ2n) is 4.48.